The van der Waals surface area contributed by atoms with E-state index in [1.54, 1.807) is 6.21 Å². The number of benzene rings is 1. The lowest BCUT2D eigenvalue weighted by Crippen LogP contribution is -1.93. The maximum absolute atomic E-state index is 4.61. The van der Waals surface area contributed by atoms with E-state index in [4.69, 9.17) is 0 Å². The van der Waals surface area contributed by atoms with Crippen molar-refractivity contribution in [2.45, 2.75) is 13.8 Å². The molecule has 18 heavy (non-hydrogen) atoms. The zero-order valence-electron chi connectivity index (χ0n) is 10.7. The van der Waals surface area contributed by atoms with E-state index in [0.29, 0.717) is 0 Å². The Morgan fingerprint density at radius 2 is 2.00 bits per heavy atom. The first-order chi connectivity index (χ1) is 8.70. The van der Waals surface area contributed by atoms with Gasteiger partial charge in [-0.15, -0.1) is 0 Å². The molecule has 0 saturated heterocycles. The van der Waals surface area contributed by atoms with Crippen LogP contribution in [0, 0.1) is 13.8 Å². The number of aryl methyl sites for hydroxylation is 2. The lowest BCUT2D eigenvalue weighted by molar-refractivity contribution is 1.19. The molecule has 2 heteroatoms. The third-order valence-corrected chi connectivity index (χ3v) is 2.76. The smallest absolute Gasteiger partial charge is 0.0705 e. The number of hydrogen-bond donors (Lipinski definition) is 0. The highest BCUT2D eigenvalue weighted by Crippen LogP contribution is 2.19. The van der Waals surface area contributed by atoms with E-state index in [1.165, 1.54) is 11.8 Å². The fourth-order valence-corrected chi connectivity index (χ4v) is 1.81. The summed E-state index contributed by atoms with van der Waals surface area (Å²) in [6.07, 6.45) is 3.29. The van der Waals surface area contributed by atoms with Crippen molar-refractivity contribution in [1.29, 1.82) is 0 Å². The third kappa shape index (κ3) is 2.72. The van der Waals surface area contributed by atoms with Crippen LogP contribution in [0.1, 0.15) is 16.8 Å². The van der Waals surface area contributed by atoms with Crippen LogP contribution in [0.15, 0.2) is 54.2 Å². The highest BCUT2D eigenvalue weighted by Gasteiger charge is 2.02. The summed E-state index contributed by atoms with van der Waals surface area (Å²) in [6.45, 7) is 7.64. The SMILES string of the molecule is C=C/N=C\c1ccc(-c2cccc(C)c2)nc1C. The molecule has 0 bridgehead atoms. The molecule has 90 valence electrons. The lowest BCUT2D eigenvalue weighted by atomic mass is 10.1. The van der Waals surface area contributed by atoms with E-state index in [9.17, 15) is 0 Å². The van der Waals surface area contributed by atoms with Crippen molar-refractivity contribution in [2.24, 2.45) is 4.99 Å². The Balaban J connectivity index is 2.40. The second kappa shape index (κ2) is 5.41. The molecule has 0 unspecified atom stereocenters. The van der Waals surface area contributed by atoms with Gasteiger partial charge in [0.1, 0.15) is 0 Å². The Labute approximate surface area is 108 Å². The largest absolute Gasteiger partial charge is 0.265 e. The lowest BCUT2D eigenvalue weighted by Gasteiger charge is -2.05. The number of aromatic nitrogens is 1. The fraction of sp³-hybridized carbons (Fsp3) is 0.125. The van der Waals surface area contributed by atoms with Crippen LogP contribution in [0.3, 0.4) is 0 Å². The van der Waals surface area contributed by atoms with Crippen molar-refractivity contribution in [2.75, 3.05) is 0 Å². The predicted molar refractivity (Wildman–Crippen MR) is 76.9 cm³/mol. The average molecular weight is 236 g/mol. The molecule has 2 aromatic rings. The van der Waals surface area contributed by atoms with Crippen LogP contribution in [-0.4, -0.2) is 11.2 Å². The average Bonchev–Trinajstić information content (AvgIpc) is 2.37. The molecule has 0 atom stereocenters. The normalized spacial score (nSPS) is 10.8. The van der Waals surface area contributed by atoms with Gasteiger partial charge in [-0.2, -0.15) is 0 Å². The van der Waals surface area contributed by atoms with Crippen molar-refractivity contribution < 1.29 is 0 Å². The van der Waals surface area contributed by atoms with Gasteiger partial charge in [0.05, 0.1) is 5.69 Å². The number of aliphatic imine (C=N–C) groups is 1. The summed E-state index contributed by atoms with van der Waals surface area (Å²) in [7, 11) is 0. The molecule has 0 aliphatic rings. The number of pyridine rings is 1. The van der Waals surface area contributed by atoms with E-state index in [-0.39, 0.29) is 0 Å². The minimum Gasteiger partial charge on any atom is -0.265 e. The van der Waals surface area contributed by atoms with Crippen LogP contribution < -0.4 is 0 Å². The Hall–Kier alpha value is -2.22. The van der Waals surface area contributed by atoms with Gasteiger partial charge in [0.2, 0.25) is 0 Å². The third-order valence-electron chi connectivity index (χ3n) is 2.76. The van der Waals surface area contributed by atoms with Crippen molar-refractivity contribution >= 4 is 6.21 Å². The van der Waals surface area contributed by atoms with E-state index in [1.807, 2.05) is 19.1 Å². The molecule has 1 aromatic heterocycles. The van der Waals surface area contributed by atoms with Gasteiger partial charge in [-0.05, 0) is 32.0 Å². The van der Waals surface area contributed by atoms with Crippen molar-refractivity contribution in [1.82, 2.24) is 4.98 Å². The van der Waals surface area contributed by atoms with Crippen molar-refractivity contribution in [3.8, 4) is 11.3 Å². The predicted octanol–water partition coefficient (Wildman–Crippen LogP) is 3.93. The second-order valence-corrected chi connectivity index (χ2v) is 4.20. The maximum atomic E-state index is 4.61. The summed E-state index contributed by atoms with van der Waals surface area (Å²) in [6, 6.07) is 12.4. The minimum atomic E-state index is 0.972. The molecule has 1 aromatic carbocycles. The van der Waals surface area contributed by atoms with E-state index in [2.05, 4.69) is 47.7 Å². The molecular weight excluding hydrogens is 220 g/mol. The van der Waals surface area contributed by atoms with Crippen molar-refractivity contribution in [3.63, 3.8) is 0 Å². The summed E-state index contributed by atoms with van der Waals surface area (Å²) in [5.41, 5.74) is 5.37. The maximum Gasteiger partial charge on any atom is 0.0705 e. The van der Waals surface area contributed by atoms with Gasteiger partial charge in [-0.3, -0.25) is 9.98 Å². The summed E-state index contributed by atoms with van der Waals surface area (Å²) in [5, 5.41) is 0. The van der Waals surface area contributed by atoms with Gasteiger partial charge in [0.25, 0.3) is 0 Å². The molecule has 1 heterocycles. The van der Waals surface area contributed by atoms with Gasteiger partial charge >= 0.3 is 0 Å². The fourth-order valence-electron chi connectivity index (χ4n) is 1.81. The summed E-state index contributed by atoms with van der Waals surface area (Å²) >= 11 is 0. The van der Waals surface area contributed by atoms with E-state index in [0.717, 1.165) is 22.5 Å². The van der Waals surface area contributed by atoms with Gasteiger partial charge in [-0.25, -0.2) is 0 Å². The molecule has 0 spiro atoms. The molecule has 0 aliphatic carbocycles. The Morgan fingerprint density at radius 1 is 1.17 bits per heavy atom. The van der Waals surface area contributed by atoms with Gasteiger partial charge in [-0.1, -0.05) is 30.3 Å². The van der Waals surface area contributed by atoms with Crippen LogP contribution in [0.5, 0.6) is 0 Å². The van der Waals surface area contributed by atoms with Crippen LogP contribution in [0.25, 0.3) is 11.3 Å². The Kier molecular flexibility index (Phi) is 3.68. The first-order valence-corrected chi connectivity index (χ1v) is 5.89. The first-order valence-electron chi connectivity index (χ1n) is 5.89. The topological polar surface area (TPSA) is 25.2 Å². The van der Waals surface area contributed by atoms with E-state index < -0.39 is 0 Å². The summed E-state index contributed by atoms with van der Waals surface area (Å²) in [5.74, 6) is 0. The molecule has 0 radical (unpaired) electrons. The van der Waals surface area contributed by atoms with Crippen molar-refractivity contribution in [3.05, 3.63) is 66.0 Å². The number of nitrogens with zero attached hydrogens (tertiary/aromatic N) is 2. The van der Waals surface area contributed by atoms with Gasteiger partial charge in [0.15, 0.2) is 0 Å². The molecule has 0 amide bonds. The van der Waals surface area contributed by atoms with Crippen LogP contribution in [0.2, 0.25) is 0 Å². The molecule has 2 rings (SSSR count). The molecule has 0 fully saturated rings. The number of rotatable bonds is 3. The highest BCUT2D eigenvalue weighted by molar-refractivity contribution is 5.82. The van der Waals surface area contributed by atoms with Gasteiger partial charge < -0.3 is 0 Å². The van der Waals surface area contributed by atoms with Crippen LogP contribution in [-0.2, 0) is 0 Å². The molecule has 2 nitrogen and oxygen atoms in total. The number of hydrogen-bond acceptors (Lipinski definition) is 2. The zero-order chi connectivity index (χ0) is 13.0. The standard InChI is InChI=1S/C16H16N2/c1-4-17-11-15-8-9-16(18-13(15)3)14-7-5-6-12(2)10-14/h4-11H,1H2,2-3H3/b17-11-. The Morgan fingerprint density at radius 3 is 2.67 bits per heavy atom. The quantitative estimate of drug-likeness (QED) is 0.741. The van der Waals surface area contributed by atoms with Crippen LogP contribution in [0.4, 0.5) is 0 Å². The zero-order valence-corrected chi connectivity index (χ0v) is 10.7. The monoisotopic (exact) mass is 236 g/mol. The Bertz CT molecular complexity index is 598. The minimum absolute atomic E-state index is 0.972. The molecule has 0 N–H and O–H groups in total. The second-order valence-electron chi connectivity index (χ2n) is 4.20. The molecule has 0 saturated carbocycles. The molecule has 0 aliphatic heterocycles. The first kappa shape index (κ1) is 12.2. The molecular formula is C16H16N2. The van der Waals surface area contributed by atoms with E-state index >= 15 is 0 Å². The highest BCUT2D eigenvalue weighted by atomic mass is 14.7. The summed E-state index contributed by atoms with van der Waals surface area (Å²) in [4.78, 5) is 8.63. The van der Waals surface area contributed by atoms with Gasteiger partial charge in [0, 0.05) is 29.2 Å². The van der Waals surface area contributed by atoms with Crippen LogP contribution >= 0.6 is 0 Å². The summed E-state index contributed by atoms with van der Waals surface area (Å²) < 4.78 is 0.